The second kappa shape index (κ2) is 8.05. The zero-order chi connectivity index (χ0) is 19.5. The first-order chi connectivity index (χ1) is 13.6. The van der Waals surface area contributed by atoms with E-state index in [1.165, 1.54) is 0 Å². The molecule has 2 amide bonds. The van der Waals surface area contributed by atoms with Crippen LogP contribution in [0.15, 0.2) is 54.6 Å². The van der Waals surface area contributed by atoms with Gasteiger partial charge in [-0.25, -0.2) is 9.78 Å². The third-order valence-electron chi connectivity index (χ3n) is 5.61. The molecule has 1 aromatic heterocycles. The van der Waals surface area contributed by atoms with Gasteiger partial charge < -0.3 is 15.2 Å². The number of piperidine rings is 1. The van der Waals surface area contributed by atoms with Gasteiger partial charge in [-0.15, -0.1) is 0 Å². The number of hydrogen-bond acceptors (Lipinski definition) is 2. The van der Waals surface area contributed by atoms with Gasteiger partial charge in [-0.3, -0.25) is 0 Å². The smallest absolute Gasteiger partial charge is 0.317 e. The number of aromatic nitrogens is 2. The van der Waals surface area contributed by atoms with E-state index in [2.05, 4.69) is 36.3 Å². The number of hydrogen-bond donors (Lipinski definition) is 2. The number of likely N-dealkylation sites (tertiary alicyclic amines) is 1. The molecule has 28 heavy (non-hydrogen) atoms. The molecule has 146 valence electrons. The summed E-state index contributed by atoms with van der Waals surface area (Å²) < 4.78 is 0. The lowest BCUT2D eigenvalue weighted by atomic mass is 9.95. The van der Waals surface area contributed by atoms with Crippen LogP contribution in [0.2, 0.25) is 0 Å². The minimum absolute atomic E-state index is 0.0141. The molecule has 3 aromatic rings. The molecule has 5 heteroatoms. The number of H-pyrrole nitrogens is 1. The molecule has 2 heterocycles. The van der Waals surface area contributed by atoms with Crippen LogP contribution in [0.5, 0.6) is 0 Å². The fourth-order valence-electron chi connectivity index (χ4n) is 4.07. The predicted molar refractivity (Wildman–Crippen MR) is 112 cm³/mol. The Balaban J connectivity index is 1.47. The summed E-state index contributed by atoms with van der Waals surface area (Å²) in [6, 6.07) is 18.3. The van der Waals surface area contributed by atoms with Gasteiger partial charge in [-0.2, -0.15) is 0 Å². The molecule has 4 rings (SSSR count). The molecule has 0 radical (unpaired) electrons. The summed E-state index contributed by atoms with van der Waals surface area (Å²) in [5, 5.41) is 3.26. The number of carbonyl (C=O) groups excluding carboxylic acids is 1. The monoisotopic (exact) mass is 376 g/mol. The topological polar surface area (TPSA) is 61.0 Å². The van der Waals surface area contributed by atoms with Crippen LogP contribution in [0.4, 0.5) is 4.79 Å². The standard InChI is InChI=1S/C23H28N4O/c1-16(2)21(17-9-4-3-5-10-17)26-23(28)27-14-8-11-18(15-27)22-24-19-12-6-7-13-20(19)25-22/h3-7,9-10,12-13,16,18,21H,8,11,14-15H2,1-2H3,(H,24,25)(H,26,28)/t18-,21-/m0/s1. The Morgan fingerprint density at radius 2 is 1.89 bits per heavy atom. The highest BCUT2D eigenvalue weighted by molar-refractivity contribution is 5.76. The van der Waals surface area contributed by atoms with E-state index in [1.807, 2.05) is 47.4 Å². The van der Waals surface area contributed by atoms with Crippen LogP contribution in [-0.2, 0) is 0 Å². The first-order valence-corrected chi connectivity index (χ1v) is 10.2. The Kier molecular flexibility index (Phi) is 5.33. The van der Waals surface area contributed by atoms with Gasteiger partial charge in [0.05, 0.1) is 17.1 Å². The lowest BCUT2D eigenvalue weighted by Gasteiger charge is -2.34. The molecule has 0 unspecified atom stereocenters. The molecule has 2 N–H and O–H groups in total. The summed E-state index contributed by atoms with van der Waals surface area (Å²) in [5.74, 6) is 1.56. The van der Waals surface area contributed by atoms with E-state index in [0.717, 1.165) is 41.8 Å². The lowest BCUT2D eigenvalue weighted by molar-refractivity contribution is 0.171. The Labute approximate surface area is 166 Å². The Morgan fingerprint density at radius 3 is 2.64 bits per heavy atom. The normalized spacial score (nSPS) is 18.4. The van der Waals surface area contributed by atoms with E-state index >= 15 is 0 Å². The fraction of sp³-hybridized carbons (Fsp3) is 0.391. The summed E-state index contributed by atoms with van der Waals surface area (Å²) in [5.41, 5.74) is 3.20. The number of amides is 2. The minimum Gasteiger partial charge on any atom is -0.342 e. The average molecular weight is 377 g/mol. The van der Waals surface area contributed by atoms with Crippen LogP contribution in [0.3, 0.4) is 0 Å². The van der Waals surface area contributed by atoms with Crippen molar-refractivity contribution >= 4 is 17.1 Å². The van der Waals surface area contributed by atoms with Crippen LogP contribution >= 0.6 is 0 Å². The number of urea groups is 1. The highest BCUT2D eigenvalue weighted by Gasteiger charge is 2.28. The third-order valence-corrected chi connectivity index (χ3v) is 5.61. The van der Waals surface area contributed by atoms with E-state index in [0.29, 0.717) is 12.5 Å². The minimum atomic E-state index is 0.0141. The lowest BCUT2D eigenvalue weighted by Crippen LogP contribution is -2.47. The van der Waals surface area contributed by atoms with Gasteiger partial charge in [0.1, 0.15) is 5.82 Å². The van der Waals surface area contributed by atoms with Crippen LogP contribution in [0.25, 0.3) is 11.0 Å². The van der Waals surface area contributed by atoms with Crippen molar-refractivity contribution in [1.82, 2.24) is 20.2 Å². The Hall–Kier alpha value is -2.82. The van der Waals surface area contributed by atoms with Gasteiger partial charge in [0.15, 0.2) is 0 Å². The number of para-hydroxylation sites is 2. The molecule has 0 bridgehead atoms. The quantitative estimate of drug-likeness (QED) is 0.684. The van der Waals surface area contributed by atoms with Crippen LogP contribution in [-0.4, -0.2) is 34.0 Å². The van der Waals surface area contributed by atoms with E-state index in [-0.39, 0.29) is 18.0 Å². The predicted octanol–water partition coefficient (Wildman–Crippen LogP) is 4.85. The third kappa shape index (κ3) is 3.88. The van der Waals surface area contributed by atoms with Crippen molar-refractivity contribution in [2.75, 3.05) is 13.1 Å². The molecule has 1 aliphatic rings. The van der Waals surface area contributed by atoms with Crippen molar-refractivity contribution in [1.29, 1.82) is 0 Å². The maximum atomic E-state index is 13.0. The molecule has 1 saturated heterocycles. The van der Waals surface area contributed by atoms with Crippen LogP contribution < -0.4 is 5.32 Å². The second-order valence-corrected chi connectivity index (χ2v) is 8.01. The molecular weight excluding hydrogens is 348 g/mol. The number of rotatable bonds is 4. The van der Waals surface area contributed by atoms with E-state index in [9.17, 15) is 4.79 Å². The SMILES string of the molecule is CC(C)[C@H](NC(=O)N1CCC[C@H](c2nc3ccccc3[nH]2)C1)c1ccccc1. The fourth-order valence-corrected chi connectivity index (χ4v) is 4.07. The molecule has 0 aliphatic carbocycles. The number of nitrogens with zero attached hydrogens (tertiary/aromatic N) is 2. The Bertz CT molecular complexity index is 901. The van der Waals surface area contributed by atoms with Crippen molar-refractivity contribution in [3.8, 4) is 0 Å². The summed E-state index contributed by atoms with van der Waals surface area (Å²) in [7, 11) is 0. The number of nitrogens with one attached hydrogen (secondary N) is 2. The van der Waals surface area contributed by atoms with Gasteiger partial charge in [-0.1, -0.05) is 56.3 Å². The van der Waals surface area contributed by atoms with E-state index < -0.39 is 0 Å². The number of imidazole rings is 1. The Morgan fingerprint density at radius 1 is 1.14 bits per heavy atom. The molecule has 1 aliphatic heterocycles. The molecule has 1 fully saturated rings. The van der Waals surface area contributed by atoms with Crippen LogP contribution in [0.1, 0.15) is 50.0 Å². The molecule has 5 nitrogen and oxygen atoms in total. The summed E-state index contributed by atoms with van der Waals surface area (Å²) >= 11 is 0. The highest BCUT2D eigenvalue weighted by atomic mass is 16.2. The summed E-state index contributed by atoms with van der Waals surface area (Å²) in [6.45, 7) is 5.78. The molecule has 2 aromatic carbocycles. The molecular formula is C23H28N4O. The second-order valence-electron chi connectivity index (χ2n) is 8.01. The first kappa shape index (κ1) is 18.5. The molecule has 2 atom stereocenters. The van der Waals surface area contributed by atoms with Gasteiger partial charge in [0.2, 0.25) is 0 Å². The van der Waals surface area contributed by atoms with E-state index in [1.54, 1.807) is 0 Å². The van der Waals surface area contributed by atoms with Crippen molar-refractivity contribution in [2.45, 2.75) is 38.6 Å². The zero-order valence-corrected chi connectivity index (χ0v) is 16.6. The zero-order valence-electron chi connectivity index (χ0n) is 16.6. The number of aromatic amines is 1. The number of fused-ring (bicyclic) bond motifs is 1. The van der Waals surface area contributed by atoms with E-state index in [4.69, 9.17) is 4.98 Å². The molecule has 0 saturated carbocycles. The number of carbonyl (C=O) groups is 1. The number of benzene rings is 2. The van der Waals surface area contributed by atoms with Crippen molar-refractivity contribution in [3.63, 3.8) is 0 Å². The summed E-state index contributed by atoms with van der Waals surface area (Å²) in [4.78, 5) is 23.2. The summed E-state index contributed by atoms with van der Waals surface area (Å²) in [6.07, 6.45) is 2.04. The van der Waals surface area contributed by atoms with Gasteiger partial charge >= 0.3 is 6.03 Å². The van der Waals surface area contributed by atoms with Crippen LogP contribution in [0, 0.1) is 5.92 Å². The first-order valence-electron chi connectivity index (χ1n) is 10.2. The van der Waals surface area contributed by atoms with Gasteiger partial charge in [0, 0.05) is 19.0 Å². The van der Waals surface area contributed by atoms with Crippen molar-refractivity contribution in [3.05, 3.63) is 66.0 Å². The molecule has 0 spiro atoms. The van der Waals surface area contributed by atoms with Crippen molar-refractivity contribution < 1.29 is 4.79 Å². The highest BCUT2D eigenvalue weighted by Crippen LogP contribution is 2.28. The van der Waals surface area contributed by atoms with Crippen molar-refractivity contribution in [2.24, 2.45) is 5.92 Å². The van der Waals surface area contributed by atoms with Gasteiger partial charge in [-0.05, 0) is 36.5 Å². The van der Waals surface area contributed by atoms with Gasteiger partial charge in [0.25, 0.3) is 0 Å². The maximum Gasteiger partial charge on any atom is 0.317 e. The maximum absolute atomic E-state index is 13.0. The average Bonchev–Trinajstić information content (AvgIpc) is 3.17. The largest absolute Gasteiger partial charge is 0.342 e.